The molecule has 1 saturated heterocycles. The van der Waals surface area contributed by atoms with Gasteiger partial charge in [0.15, 0.2) is 11.5 Å². The number of hydrogen-bond acceptors (Lipinski definition) is 9. The Balaban J connectivity index is 1.15. The SMILES string of the molecule is C[C@H](Sc1nnc([C@@H]2COc3ccccc3O2)o1)C(=O)Nc1ccc(N2CCOCC2)cc1. The lowest BCUT2D eigenvalue weighted by atomic mass is 10.2. The van der Waals surface area contributed by atoms with Gasteiger partial charge in [0.2, 0.25) is 12.0 Å². The predicted molar refractivity (Wildman–Crippen MR) is 123 cm³/mol. The van der Waals surface area contributed by atoms with E-state index in [1.807, 2.05) is 48.5 Å². The number of nitrogens with zero attached hydrogens (tertiary/aromatic N) is 3. The summed E-state index contributed by atoms with van der Waals surface area (Å²) in [6, 6.07) is 15.3. The highest BCUT2D eigenvalue weighted by molar-refractivity contribution is 8.00. The molecule has 2 atom stereocenters. The van der Waals surface area contributed by atoms with Crippen molar-refractivity contribution in [1.29, 1.82) is 0 Å². The number of morpholine rings is 1. The topological polar surface area (TPSA) is 99.0 Å². The first-order valence-electron chi connectivity index (χ1n) is 10.8. The van der Waals surface area contributed by atoms with Gasteiger partial charge in [0.05, 0.1) is 18.5 Å². The molecule has 2 aromatic carbocycles. The van der Waals surface area contributed by atoms with Crippen molar-refractivity contribution in [1.82, 2.24) is 10.2 Å². The lowest BCUT2D eigenvalue weighted by Gasteiger charge is -2.28. The van der Waals surface area contributed by atoms with Crippen LogP contribution in [-0.4, -0.2) is 54.3 Å². The molecule has 0 spiro atoms. The van der Waals surface area contributed by atoms with Crippen molar-refractivity contribution in [3.63, 3.8) is 0 Å². The molecule has 9 nitrogen and oxygen atoms in total. The van der Waals surface area contributed by atoms with E-state index in [2.05, 4.69) is 20.4 Å². The van der Waals surface area contributed by atoms with Crippen LogP contribution in [0.1, 0.15) is 18.9 Å². The van der Waals surface area contributed by atoms with Gasteiger partial charge in [0, 0.05) is 24.5 Å². The van der Waals surface area contributed by atoms with Gasteiger partial charge in [-0.15, -0.1) is 10.2 Å². The fourth-order valence-electron chi connectivity index (χ4n) is 3.57. The number of para-hydroxylation sites is 2. The molecule has 1 aromatic heterocycles. The fraction of sp³-hybridized carbons (Fsp3) is 0.348. The number of ether oxygens (including phenoxy) is 3. The number of amides is 1. The average Bonchev–Trinajstić information content (AvgIpc) is 3.33. The van der Waals surface area contributed by atoms with Gasteiger partial charge in [-0.25, -0.2) is 0 Å². The van der Waals surface area contributed by atoms with Crippen LogP contribution in [0.5, 0.6) is 11.5 Å². The summed E-state index contributed by atoms with van der Waals surface area (Å²) in [5, 5.41) is 10.9. The van der Waals surface area contributed by atoms with Crippen LogP contribution in [-0.2, 0) is 9.53 Å². The Morgan fingerprint density at radius 2 is 1.85 bits per heavy atom. The molecule has 10 heteroatoms. The quantitative estimate of drug-likeness (QED) is 0.545. The van der Waals surface area contributed by atoms with Crippen molar-refractivity contribution in [2.75, 3.05) is 43.1 Å². The van der Waals surface area contributed by atoms with Crippen molar-refractivity contribution in [2.24, 2.45) is 0 Å². The number of fused-ring (bicyclic) bond motifs is 1. The Labute approximate surface area is 195 Å². The molecule has 5 rings (SSSR count). The lowest BCUT2D eigenvalue weighted by Crippen LogP contribution is -2.36. The largest absolute Gasteiger partial charge is 0.485 e. The van der Waals surface area contributed by atoms with E-state index in [0.29, 0.717) is 22.6 Å². The Morgan fingerprint density at radius 1 is 1.09 bits per heavy atom. The molecular formula is C23H24N4O5S. The zero-order chi connectivity index (χ0) is 22.6. The normalized spacial score (nSPS) is 18.6. The minimum absolute atomic E-state index is 0.148. The highest BCUT2D eigenvalue weighted by Gasteiger charge is 2.28. The highest BCUT2D eigenvalue weighted by Crippen LogP contribution is 2.36. The van der Waals surface area contributed by atoms with Gasteiger partial charge in [-0.2, -0.15) is 0 Å². The molecule has 0 saturated carbocycles. The Bertz CT molecular complexity index is 1100. The van der Waals surface area contributed by atoms with Crippen LogP contribution in [0.2, 0.25) is 0 Å². The number of aromatic nitrogens is 2. The first-order valence-corrected chi connectivity index (χ1v) is 11.7. The van der Waals surface area contributed by atoms with E-state index in [0.717, 1.165) is 37.7 Å². The van der Waals surface area contributed by atoms with Crippen LogP contribution in [0, 0.1) is 0 Å². The molecule has 1 fully saturated rings. The average molecular weight is 469 g/mol. The van der Waals surface area contributed by atoms with Crippen molar-refractivity contribution >= 4 is 29.0 Å². The third-order valence-corrected chi connectivity index (χ3v) is 6.30. The van der Waals surface area contributed by atoms with E-state index >= 15 is 0 Å². The molecular weight excluding hydrogens is 444 g/mol. The van der Waals surface area contributed by atoms with Gasteiger partial charge in [-0.1, -0.05) is 23.9 Å². The highest BCUT2D eigenvalue weighted by atomic mass is 32.2. The van der Waals surface area contributed by atoms with E-state index in [9.17, 15) is 4.79 Å². The number of thioether (sulfide) groups is 1. The number of rotatable bonds is 6. The van der Waals surface area contributed by atoms with Crippen LogP contribution >= 0.6 is 11.8 Å². The second-order valence-electron chi connectivity index (χ2n) is 7.67. The molecule has 1 N–H and O–H groups in total. The van der Waals surface area contributed by atoms with Crippen LogP contribution in [0.25, 0.3) is 0 Å². The predicted octanol–water partition coefficient (Wildman–Crippen LogP) is 3.54. The summed E-state index contributed by atoms with van der Waals surface area (Å²) in [4.78, 5) is 14.9. The van der Waals surface area contributed by atoms with Crippen molar-refractivity contribution in [3.8, 4) is 11.5 Å². The monoisotopic (exact) mass is 468 g/mol. The molecule has 0 unspecified atom stereocenters. The number of benzene rings is 2. The summed E-state index contributed by atoms with van der Waals surface area (Å²) in [6.07, 6.45) is -0.490. The van der Waals surface area contributed by atoms with Gasteiger partial charge in [-0.05, 0) is 43.3 Å². The Morgan fingerprint density at radius 3 is 2.64 bits per heavy atom. The van der Waals surface area contributed by atoms with Gasteiger partial charge in [0.1, 0.15) is 6.61 Å². The molecule has 3 aromatic rings. The van der Waals surface area contributed by atoms with Gasteiger partial charge in [0.25, 0.3) is 11.1 Å². The number of hydrogen-bond donors (Lipinski definition) is 1. The molecule has 0 radical (unpaired) electrons. The minimum Gasteiger partial charge on any atom is -0.485 e. The Kier molecular flexibility index (Phi) is 6.36. The lowest BCUT2D eigenvalue weighted by molar-refractivity contribution is -0.115. The second kappa shape index (κ2) is 9.72. The van der Waals surface area contributed by atoms with Gasteiger partial charge >= 0.3 is 0 Å². The standard InChI is InChI=1S/C23H24N4O5S/c1-15(21(28)24-16-6-8-17(9-7-16)27-10-12-29-13-11-27)33-23-26-25-22(32-23)20-14-30-18-4-2-3-5-19(18)31-20/h2-9,15,20H,10-14H2,1H3,(H,24,28)/t15-,20-/m0/s1. The van der Waals surface area contributed by atoms with Crippen molar-refractivity contribution in [2.45, 2.75) is 23.5 Å². The number of carbonyl (C=O) groups excluding carboxylic acids is 1. The van der Waals surface area contributed by atoms with Gasteiger partial charge < -0.3 is 28.8 Å². The Hall–Kier alpha value is -3.24. The molecule has 3 heterocycles. The van der Waals surface area contributed by atoms with E-state index in [1.54, 1.807) is 6.92 Å². The number of nitrogens with one attached hydrogen (secondary N) is 1. The molecule has 33 heavy (non-hydrogen) atoms. The summed E-state index contributed by atoms with van der Waals surface area (Å²) < 4.78 is 22.7. The minimum atomic E-state index is -0.490. The molecule has 1 amide bonds. The third-order valence-electron chi connectivity index (χ3n) is 5.36. The second-order valence-corrected chi connectivity index (χ2v) is 8.96. The first kappa shape index (κ1) is 21.6. The first-order chi connectivity index (χ1) is 16.2. The third kappa shape index (κ3) is 5.07. The summed E-state index contributed by atoms with van der Waals surface area (Å²) >= 11 is 1.20. The van der Waals surface area contributed by atoms with Crippen LogP contribution < -0.4 is 19.7 Å². The summed E-state index contributed by atoms with van der Waals surface area (Å²) in [5.41, 5.74) is 1.86. The van der Waals surface area contributed by atoms with Crippen LogP contribution in [0.15, 0.2) is 58.2 Å². The smallest absolute Gasteiger partial charge is 0.277 e. The fourth-order valence-corrected chi connectivity index (χ4v) is 4.25. The molecule has 2 aliphatic rings. The summed E-state index contributed by atoms with van der Waals surface area (Å²) in [5.74, 6) is 1.49. The molecule has 0 aliphatic carbocycles. The van der Waals surface area contributed by atoms with E-state index in [-0.39, 0.29) is 12.5 Å². The number of anilines is 2. The van der Waals surface area contributed by atoms with E-state index in [4.69, 9.17) is 18.6 Å². The summed E-state index contributed by atoms with van der Waals surface area (Å²) in [7, 11) is 0. The zero-order valence-electron chi connectivity index (χ0n) is 18.1. The molecule has 2 aliphatic heterocycles. The van der Waals surface area contributed by atoms with Crippen LogP contribution in [0.3, 0.4) is 0 Å². The molecule has 172 valence electrons. The maximum absolute atomic E-state index is 12.7. The van der Waals surface area contributed by atoms with Crippen molar-refractivity contribution < 1.29 is 23.4 Å². The van der Waals surface area contributed by atoms with E-state index < -0.39 is 11.4 Å². The zero-order valence-corrected chi connectivity index (χ0v) is 18.9. The van der Waals surface area contributed by atoms with Gasteiger partial charge in [-0.3, -0.25) is 4.79 Å². The number of carbonyl (C=O) groups is 1. The summed E-state index contributed by atoms with van der Waals surface area (Å²) in [6.45, 7) is 5.28. The van der Waals surface area contributed by atoms with E-state index in [1.165, 1.54) is 11.8 Å². The maximum Gasteiger partial charge on any atom is 0.277 e. The maximum atomic E-state index is 12.7. The van der Waals surface area contributed by atoms with Crippen LogP contribution in [0.4, 0.5) is 11.4 Å². The van der Waals surface area contributed by atoms with Crippen molar-refractivity contribution in [3.05, 3.63) is 54.4 Å². The molecule has 0 bridgehead atoms.